The predicted molar refractivity (Wildman–Crippen MR) is 75.1 cm³/mol. The molecule has 0 atom stereocenters. The van der Waals surface area contributed by atoms with Crippen LogP contribution >= 0.6 is 0 Å². The Kier molecular flexibility index (Phi) is 3.66. The van der Waals surface area contributed by atoms with Gasteiger partial charge in [0.2, 0.25) is 0 Å². The monoisotopic (exact) mass is 241 g/mol. The molecular weight excluding hydrogens is 222 g/mol. The molecule has 94 valence electrons. The fourth-order valence-electron chi connectivity index (χ4n) is 2.03. The zero-order chi connectivity index (χ0) is 13.1. The third-order valence-electron chi connectivity index (χ3n) is 2.98. The molecule has 0 bridgehead atoms. The van der Waals surface area contributed by atoms with Crippen molar-refractivity contribution in [2.45, 2.75) is 26.7 Å². The third-order valence-corrected chi connectivity index (χ3v) is 2.98. The lowest BCUT2D eigenvalue weighted by Gasteiger charge is -2.12. The maximum absolute atomic E-state index is 5.42. The summed E-state index contributed by atoms with van der Waals surface area (Å²) in [5.41, 5.74) is 4.45. The van der Waals surface area contributed by atoms with Gasteiger partial charge in [-0.05, 0) is 36.6 Å². The lowest BCUT2D eigenvalue weighted by Crippen LogP contribution is -1.96. The van der Waals surface area contributed by atoms with Crippen molar-refractivity contribution in [1.82, 2.24) is 4.98 Å². The number of hydrogen-bond acceptors (Lipinski definition) is 2. The molecule has 0 radical (unpaired) electrons. The van der Waals surface area contributed by atoms with Gasteiger partial charge in [-0.25, -0.2) is 0 Å². The van der Waals surface area contributed by atoms with Gasteiger partial charge in [-0.2, -0.15) is 0 Å². The number of benzene rings is 1. The van der Waals surface area contributed by atoms with Crippen LogP contribution in [0.25, 0.3) is 11.1 Å². The van der Waals surface area contributed by atoms with Crippen LogP contribution in [-0.2, 0) is 0 Å². The number of methoxy groups -OCH3 is 1. The topological polar surface area (TPSA) is 22.1 Å². The molecule has 0 N–H and O–H groups in total. The summed E-state index contributed by atoms with van der Waals surface area (Å²) in [5.74, 6) is 1.33. The smallest absolute Gasteiger partial charge is 0.126 e. The molecule has 2 heteroatoms. The van der Waals surface area contributed by atoms with Gasteiger partial charge >= 0.3 is 0 Å². The molecule has 2 rings (SSSR count). The van der Waals surface area contributed by atoms with Gasteiger partial charge in [0, 0.05) is 17.0 Å². The van der Waals surface area contributed by atoms with Crippen molar-refractivity contribution >= 4 is 0 Å². The molecule has 1 aromatic heterocycles. The van der Waals surface area contributed by atoms with Gasteiger partial charge in [-0.1, -0.05) is 32.0 Å². The summed E-state index contributed by atoms with van der Waals surface area (Å²) in [7, 11) is 1.70. The molecule has 1 aromatic carbocycles. The van der Waals surface area contributed by atoms with Crippen LogP contribution in [0.3, 0.4) is 0 Å². The molecule has 18 heavy (non-hydrogen) atoms. The Morgan fingerprint density at radius 2 is 1.83 bits per heavy atom. The zero-order valence-corrected chi connectivity index (χ0v) is 11.4. The van der Waals surface area contributed by atoms with Crippen LogP contribution in [0.5, 0.6) is 5.75 Å². The van der Waals surface area contributed by atoms with Gasteiger partial charge in [-0.15, -0.1) is 0 Å². The van der Waals surface area contributed by atoms with E-state index in [0.29, 0.717) is 5.92 Å². The summed E-state index contributed by atoms with van der Waals surface area (Å²) in [6, 6.07) is 12.3. The van der Waals surface area contributed by atoms with Crippen molar-refractivity contribution in [3.63, 3.8) is 0 Å². The Morgan fingerprint density at radius 1 is 1.11 bits per heavy atom. The van der Waals surface area contributed by atoms with E-state index in [1.54, 1.807) is 7.11 Å². The van der Waals surface area contributed by atoms with Gasteiger partial charge in [0.25, 0.3) is 0 Å². The average Bonchev–Trinajstić information content (AvgIpc) is 2.38. The largest absolute Gasteiger partial charge is 0.496 e. The van der Waals surface area contributed by atoms with Crippen LogP contribution in [-0.4, -0.2) is 12.1 Å². The maximum atomic E-state index is 5.42. The van der Waals surface area contributed by atoms with E-state index in [9.17, 15) is 0 Å². The fraction of sp³-hybridized carbons (Fsp3) is 0.312. The lowest BCUT2D eigenvalue weighted by atomic mass is 10.0. The maximum Gasteiger partial charge on any atom is 0.126 e. The molecule has 0 spiro atoms. The van der Waals surface area contributed by atoms with E-state index in [-0.39, 0.29) is 0 Å². The van der Waals surface area contributed by atoms with E-state index < -0.39 is 0 Å². The minimum Gasteiger partial charge on any atom is -0.496 e. The van der Waals surface area contributed by atoms with Crippen molar-refractivity contribution in [2.75, 3.05) is 7.11 Å². The average molecular weight is 241 g/mol. The standard InChI is InChI=1S/C16H19NO/c1-11(2)15-10-13(9-12(3)17-15)14-7-5-6-8-16(14)18-4/h5-11H,1-4H3. The van der Waals surface area contributed by atoms with E-state index >= 15 is 0 Å². The Hall–Kier alpha value is -1.83. The van der Waals surface area contributed by atoms with Gasteiger partial charge in [0.05, 0.1) is 7.11 Å². The number of ether oxygens (including phenoxy) is 1. The molecule has 0 aliphatic rings. The van der Waals surface area contributed by atoms with Crippen molar-refractivity contribution in [1.29, 1.82) is 0 Å². The van der Waals surface area contributed by atoms with Crippen LogP contribution in [0, 0.1) is 6.92 Å². The van der Waals surface area contributed by atoms with Gasteiger partial charge < -0.3 is 4.74 Å². The SMILES string of the molecule is COc1ccccc1-c1cc(C)nc(C(C)C)c1. The Morgan fingerprint density at radius 3 is 2.50 bits per heavy atom. The second-order valence-electron chi connectivity index (χ2n) is 4.78. The van der Waals surface area contributed by atoms with Crippen LogP contribution < -0.4 is 4.74 Å². The molecule has 0 saturated carbocycles. The summed E-state index contributed by atoms with van der Waals surface area (Å²) < 4.78 is 5.42. The van der Waals surface area contributed by atoms with E-state index in [0.717, 1.165) is 22.7 Å². The number of hydrogen-bond donors (Lipinski definition) is 0. The number of para-hydroxylation sites is 1. The summed E-state index contributed by atoms with van der Waals surface area (Å²) in [4.78, 5) is 4.57. The molecule has 2 aromatic rings. The van der Waals surface area contributed by atoms with E-state index in [1.165, 1.54) is 5.56 Å². The van der Waals surface area contributed by atoms with Crippen molar-refractivity contribution in [3.05, 3.63) is 47.8 Å². The predicted octanol–water partition coefficient (Wildman–Crippen LogP) is 4.19. The first-order valence-corrected chi connectivity index (χ1v) is 6.24. The molecule has 0 amide bonds. The van der Waals surface area contributed by atoms with Crippen LogP contribution in [0.2, 0.25) is 0 Å². The lowest BCUT2D eigenvalue weighted by molar-refractivity contribution is 0.416. The molecule has 1 heterocycles. The number of nitrogens with zero attached hydrogens (tertiary/aromatic N) is 1. The molecular formula is C16H19NO. The zero-order valence-electron chi connectivity index (χ0n) is 11.4. The Balaban J connectivity index is 2.56. The third kappa shape index (κ3) is 2.53. The van der Waals surface area contributed by atoms with Crippen molar-refractivity contribution in [2.24, 2.45) is 0 Å². The molecule has 0 unspecified atom stereocenters. The highest BCUT2D eigenvalue weighted by atomic mass is 16.5. The van der Waals surface area contributed by atoms with Gasteiger partial charge in [0.1, 0.15) is 5.75 Å². The molecule has 2 nitrogen and oxygen atoms in total. The summed E-state index contributed by atoms with van der Waals surface area (Å²) in [5, 5.41) is 0. The first kappa shape index (κ1) is 12.6. The second-order valence-corrected chi connectivity index (χ2v) is 4.78. The van der Waals surface area contributed by atoms with Crippen molar-refractivity contribution in [3.8, 4) is 16.9 Å². The van der Waals surface area contributed by atoms with Crippen LogP contribution in [0.4, 0.5) is 0 Å². The fourth-order valence-corrected chi connectivity index (χ4v) is 2.03. The van der Waals surface area contributed by atoms with Crippen LogP contribution in [0.15, 0.2) is 36.4 Å². The van der Waals surface area contributed by atoms with Crippen molar-refractivity contribution < 1.29 is 4.74 Å². The molecule has 0 fully saturated rings. The second kappa shape index (κ2) is 5.21. The minimum absolute atomic E-state index is 0.429. The quantitative estimate of drug-likeness (QED) is 0.804. The first-order valence-electron chi connectivity index (χ1n) is 6.24. The van der Waals surface area contributed by atoms with Crippen LogP contribution in [0.1, 0.15) is 31.2 Å². The highest BCUT2D eigenvalue weighted by Crippen LogP contribution is 2.31. The van der Waals surface area contributed by atoms with Gasteiger partial charge in [-0.3, -0.25) is 4.98 Å². The van der Waals surface area contributed by atoms with E-state index in [1.807, 2.05) is 25.1 Å². The number of pyridine rings is 1. The molecule has 0 saturated heterocycles. The number of aryl methyl sites for hydroxylation is 1. The highest BCUT2D eigenvalue weighted by Gasteiger charge is 2.09. The Bertz CT molecular complexity index is 547. The Labute approximate surface area is 109 Å². The summed E-state index contributed by atoms with van der Waals surface area (Å²) in [6.45, 7) is 6.35. The number of rotatable bonds is 3. The molecule has 0 aliphatic carbocycles. The van der Waals surface area contributed by atoms with Gasteiger partial charge in [0.15, 0.2) is 0 Å². The molecule has 0 aliphatic heterocycles. The highest BCUT2D eigenvalue weighted by molar-refractivity contribution is 5.71. The summed E-state index contributed by atoms with van der Waals surface area (Å²) in [6.07, 6.45) is 0. The van der Waals surface area contributed by atoms with E-state index in [2.05, 4.69) is 37.0 Å². The first-order chi connectivity index (χ1) is 8.61. The minimum atomic E-state index is 0.429. The normalized spacial score (nSPS) is 10.7. The summed E-state index contributed by atoms with van der Waals surface area (Å²) >= 11 is 0. The number of aromatic nitrogens is 1. The van der Waals surface area contributed by atoms with E-state index in [4.69, 9.17) is 4.74 Å².